The van der Waals surface area contributed by atoms with E-state index in [0.29, 0.717) is 12.8 Å². The van der Waals surface area contributed by atoms with Gasteiger partial charge in [-0.2, -0.15) is 0 Å². The van der Waals surface area contributed by atoms with E-state index in [1.807, 2.05) is 0 Å². The molecule has 0 aliphatic rings. The van der Waals surface area contributed by atoms with E-state index in [-0.39, 0.29) is 11.9 Å². The lowest BCUT2D eigenvalue weighted by Gasteiger charge is -2.08. The zero-order valence-corrected chi connectivity index (χ0v) is 9.32. The molecule has 0 aliphatic carbocycles. The summed E-state index contributed by atoms with van der Waals surface area (Å²) in [6, 6.07) is -0.548. The number of unbranched alkanes of at least 4 members (excludes halogenated alkanes) is 2. The van der Waals surface area contributed by atoms with Gasteiger partial charge in [-0.25, -0.2) is 0 Å². The molecule has 0 amide bonds. The normalized spacial score (nSPS) is 11.9. The minimum absolute atomic E-state index is 0.202. The fourth-order valence-corrected chi connectivity index (χ4v) is 1.18. The van der Waals surface area contributed by atoms with Gasteiger partial charge in [-0.3, -0.25) is 9.59 Å². The van der Waals surface area contributed by atoms with Crippen LogP contribution in [0.5, 0.6) is 0 Å². The van der Waals surface area contributed by atoms with Gasteiger partial charge in [0.15, 0.2) is 0 Å². The quantitative estimate of drug-likeness (QED) is 0.499. The Balaban J connectivity index is 3.38. The van der Waals surface area contributed by atoms with Crippen molar-refractivity contribution < 1.29 is 19.1 Å². The molecule has 0 saturated carbocycles. The topological polar surface area (TPSA) is 78.6 Å². The van der Waals surface area contributed by atoms with E-state index in [2.05, 4.69) is 9.47 Å². The standard InChI is InChI=1S/C10H19NO4/c1-14-9(12)7-5-3-4-6-8(11)10(13)15-2/h8H,3-7,11H2,1-2H3. The predicted molar refractivity (Wildman–Crippen MR) is 55.1 cm³/mol. The summed E-state index contributed by atoms with van der Waals surface area (Å²) in [5, 5.41) is 0. The van der Waals surface area contributed by atoms with Crippen LogP contribution in [0.4, 0.5) is 0 Å². The molecule has 88 valence electrons. The number of carbonyl (C=O) groups excluding carboxylic acids is 2. The molecule has 0 radical (unpaired) electrons. The molecule has 5 heteroatoms. The van der Waals surface area contributed by atoms with Crippen LogP contribution < -0.4 is 5.73 Å². The second-order valence-electron chi connectivity index (χ2n) is 3.31. The average Bonchev–Trinajstić information content (AvgIpc) is 2.26. The third-order valence-corrected chi connectivity index (χ3v) is 2.13. The lowest BCUT2D eigenvalue weighted by Crippen LogP contribution is -2.31. The van der Waals surface area contributed by atoms with Crippen LogP contribution in [0.15, 0.2) is 0 Å². The highest BCUT2D eigenvalue weighted by Gasteiger charge is 2.12. The molecule has 0 aromatic heterocycles. The van der Waals surface area contributed by atoms with Gasteiger partial charge < -0.3 is 15.2 Å². The Bertz CT molecular complexity index is 206. The van der Waals surface area contributed by atoms with Gasteiger partial charge in [0.05, 0.1) is 14.2 Å². The Labute approximate surface area is 89.9 Å². The van der Waals surface area contributed by atoms with E-state index >= 15 is 0 Å². The van der Waals surface area contributed by atoms with Crippen molar-refractivity contribution >= 4 is 11.9 Å². The van der Waals surface area contributed by atoms with Gasteiger partial charge in [-0.1, -0.05) is 12.8 Å². The maximum Gasteiger partial charge on any atom is 0.322 e. The van der Waals surface area contributed by atoms with E-state index in [1.54, 1.807) is 0 Å². The van der Waals surface area contributed by atoms with Crippen LogP contribution in [-0.2, 0) is 19.1 Å². The zero-order valence-electron chi connectivity index (χ0n) is 9.32. The summed E-state index contributed by atoms with van der Waals surface area (Å²) in [6.07, 6.45) is 3.45. The molecule has 0 saturated heterocycles. The molecule has 0 heterocycles. The number of rotatable bonds is 7. The Morgan fingerprint density at radius 1 is 1.13 bits per heavy atom. The first kappa shape index (κ1) is 13.9. The largest absolute Gasteiger partial charge is 0.469 e. The maximum absolute atomic E-state index is 10.9. The summed E-state index contributed by atoms with van der Waals surface area (Å²) >= 11 is 0. The van der Waals surface area contributed by atoms with E-state index in [0.717, 1.165) is 19.3 Å². The third-order valence-electron chi connectivity index (χ3n) is 2.13. The molecule has 0 spiro atoms. The fourth-order valence-electron chi connectivity index (χ4n) is 1.18. The smallest absolute Gasteiger partial charge is 0.322 e. The Hall–Kier alpha value is -1.10. The Kier molecular flexibility index (Phi) is 7.62. The SMILES string of the molecule is COC(=O)CCCCCC(N)C(=O)OC. The minimum Gasteiger partial charge on any atom is -0.469 e. The average molecular weight is 217 g/mol. The van der Waals surface area contributed by atoms with Crippen LogP contribution >= 0.6 is 0 Å². The minimum atomic E-state index is -0.548. The molecule has 0 aromatic rings. The number of hydrogen-bond acceptors (Lipinski definition) is 5. The van der Waals surface area contributed by atoms with E-state index in [9.17, 15) is 9.59 Å². The number of ether oxygens (including phenoxy) is 2. The van der Waals surface area contributed by atoms with Crippen LogP contribution in [0.25, 0.3) is 0 Å². The van der Waals surface area contributed by atoms with Crippen molar-refractivity contribution in [3.63, 3.8) is 0 Å². The molecule has 0 bridgehead atoms. The second kappa shape index (κ2) is 8.23. The summed E-state index contributed by atoms with van der Waals surface area (Å²) in [5.41, 5.74) is 5.53. The molecule has 0 fully saturated rings. The summed E-state index contributed by atoms with van der Waals surface area (Å²) in [7, 11) is 2.69. The molecule has 5 nitrogen and oxygen atoms in total. The van der Waals surface area contributed by atoms with Gasteiger partial charge in [-0.15, -0.1) is 0 Å². The molecule has 0 aliphatic heterocycles. The first-order chi connectivity index (χ1) is 7.11. The van der Waals surface area contributed by atoms with Crippen molar-refractivity contribution in [1.29, 1.82) is 0 Å². The van der Waals surface area contributed by atoms with Crippen LogP contribution in [-0.4, -0.2) is 32.2 Å². The molecule has 0 aromatic carbocycles. The van der Waals surface area contributed by atoms with E-state index in [1.165, 1.54) is 14.2 Å². The number of nitrogens with two attached hydrogens (primary N) is 1. The van der Waals surface area contributed by atoms with Crippen LogP contribution in [0, 0.1) is 0 Å². The molecule has 15 heavy (non-hydrogen) atoms. The van der Waals surface area contributed by atoms with Gasteiger partial charge in [0.2, 0.25) is 0 Å². The van der Waals surface area contributed by atoms with Crippen molar-refractivity contribution in [3.8, 4) is 0 Å². The van der Waals surface area contributed by atoms with Crippen LogP contribution in [0.3, 0.4) is 0 Å². The number of methoxy groups -OCH3 is 2. The van der Waals surface area contributed by atoms with Crippen LogP contribution in [0.2, 0.25) is 0 Å². The molecular formula is C10H19NO4. The van der Waals surface area contributed by atoms with Gasteiger partial charge in [0.25, 0.3) is 0 Å². The predicted octanol–water partition coefficient (Wildman–Crippen LogP) is 0.610. The first-order valence-corrected chi connectivity index (χ1v) is 5.02. The first-order valence-electron chi connectivity index (χ1n) is 5.02. The van der Waals surface area contributed by atoms with Crippen molar-refractivity contribution in [3.05, 3.63) is 0 Å². The molecule has 2 N–H and O–H groups in total. The van der Waals surface area contributed by atoms with E-state index < -0.39 is 6.04 Å². The number of hydrogen-bond donors (Lipinski definition) is 1. The lowest BCUT2D eigenvalue weighted by molar-refractivity contribution is -0.142. The van der Waals surface area contributed by atoms with Crippen LogP contribution in [0.1, 0.15) is 32.1 Å². The number of carbonyl (C=O) groups is 2. The fraction of sp³-hybridized carbons (Fsp3) is 0.800. The molecule has 0 rings (SSSR count). The van der Waals surface area contributed by atoms with Crippen molar-refractivity contribution in [2.75, 3.05) is 14.2 Å². The summed E-state index contributed by atoms with van der Waals surface area (Å²) in [5.74, 6) is -0.588. The van der Waals surface area contributed by atoms with Crippen molar-refractivity contribution in [2.24, 2.45) is 5.73 Å². The highest BCUT2D eigenvalue weighted by Crippen LogP contribution is 2.06. The van der Waals surface area contributed by atoms with Gasteiger partial charge >= 0.3 is 11.9 Å². The highest BCUT2D eigenvalue weighted by atomic mass is 16.5. The van der Waals surface area contributed by atoms with Crippen molar-refractivity contribution in [2.45, 2.75) is 38.1 Å². The summed E-state index contributed by atoms with van der Waals surface area (Å²) in [4.78, 5) is 21.7. The second-order valence-corrected chi connectivity index (χ2v) is 3.31. The molecule has 1 atom stereocenters. The van der Waals surface area contributed by atoms with Gasteiger partial charge in [-0.05, 0) is 12.8 Å². The van der Waals surface area contributed by atoms with E-state index in [4.69, 9.17) is 5.73 Å². The summed E-state index contributed by atoms with van der Waals surface area (Å²) in [6.45, 7) is 0. The Morgan fingerprint density at radius 3 is 2.33 bits per heavy atom. The highest BCUT2D eigenvalue weighted by molar-refractivity contribution is 5.75. The third kappa shape index (κ3) is 6.90. The van der Waals surface area contributed by atoms with Gasteiger partial charge in [0, 0.05) is 6.42 Å². The maximum atomic E-state index is 10.9. The monoisotopic (exact) mass is 217 g/mol. The summed E-state index contributed by atoms with van der Waals surface area (Å²) < 4.78 is 8.98. The number of esters is 2. The van der Waals surface area contributed by atoms with Crippen molar-refractivity contribution in [1.82, 2.24) is 0 Å². The molecule has 1 unspecified atom stereocenters. The Morgan fingerprint density at radius 2 is 1.80 bits per heavy atom. The lowest BCUT2D eigenvalue weighted by atomic mass is 10.1. The zero-order chi connectivity index (χ0) is 11.7. The molecular weight excluding hydrogens is 198 g/mol. The van der Waals surface area contributed by atoms with Gasteiger partial charge in [0.1, 0.15) is 6.04 Å².